The third-order valence-electron chi connectivity index (χ3n) is 2.42. The van der Waals surface area contributed by atoms with Crippen LogP contribution in [0.15, 0.2) is 30.5 Å². The molecule has 1 aromatic rings. The first-order valence-corrected chi connectivity index (χ1v) is 7.04. The molecule has 0 aliphatic rings. The van der Waals surface area contributed by atoms with Crippen LogP contribution in [0.1, 0.15) is 25.8 Å². The van der Waals surface area contributed by atoms with Crippen LogP contribution in [0.2, 0.25) is 5.02 Å². The molecule has 0 atom stereocenters. The second-order valence-electron chi connectivity index (χ2n) is 4.56. The Balaban J connectivity index is 2.15. The molecule has 0 unspecified atom stereocenters. The molecule has 0 spiro atoms. The predicted molar refractivity (Wildman–Crippen MR) is 82.7 cm³/mol. The van der Waals surface area contributed by atoms with Crippen molar-refractivity contribution in [2.45, 2.75) is 26.4 Å². The molecular weight excluding hydrogens is 276 g/mol. The van der Waals surface area contributed by atoms with E-state index in [0.717, 1.165) is 12.0 Å². The van der Waals surface area contributed by atoms with Gasteiger partial charge in [0.05, 0.1) is 6.10 Å². The lowest BCUT2D eigenvalue weighted by Gasteiger charge is -2.07. The summed E-state index contributed by atoms with van der Waals surface area (Å²) in [6.07, 6.45) is 4.43. The molecule has 0 saturated heterocycles. The quantitative estimate of drug-likeness (QED) is 0.758. The van der Waals surface area contributed by atoms with Gasteiger partial charge in [-0.2, -0.15) is 0 Å². The van der Waals surface area contributed by atoms with E-state index in [1.807, 2.05) is 26.0 Å². The molecule has 1 aromatic carbocycles. The third kappa shape index (κ3) is 7.81. The summed E-state index contributed by atoms with van der Waals surface area (Å²) < 4.78 is 5.38. The number of halogens is 1. The summed E-state index contributed by atoms with van der Waals surface area (Å²) in [4.78, 5) is 11.4. The molecular formula is C15H21ClN2O2. The Hall–Kier alpha value is -1.52. The van der Waals surface area contributed by atoms with Gasteiger partial charge < -0.3 is 15.4 Å². The predicted octanol–water partition coefficient (Wildman–Crippen LogP) is 3.43. The Morgan fingerprint density at radius 2 is 2.05 bits per heavy atom. The van der Waals surface area contributed by atoms with Crippen LogP contribution in [0.25, 0.3) is 6.08 Å². The van der Waals surface area contributed by atoms with Crippen molar-refractivity contribution >= 4 is 23.7 Å². The van der Waals surface area contributed by atoms with E-state index in [4.69, 9.17) is 16.3 Å². The van der Waals surface area contributed by atoms with Crippen LogP contribution < -0.4 is 10.6 Å². The van der Waals surface area contributed by atoms with E-state index in [0.29, 0.717) is 18.2 Å². The smallest absolute Gasteiger partial charge is 0.318 e. The Morgan fingerprint density at radius 1 is 1.35 bits per heavy atom. The van der Waals surface area contributed by atoms with Gasteiger partial charge in [0, 0.05) is 24.4 Å². The number of nitrogens with one attached hydrogen (secondary N) is 2. The highest BCUT2D eigenvalue weighted by molar-refractivity contribution is 6.30. The van der Waals surface area contributed by atoms with Gasteiger partial charge in [0.1, 0.15) is 0 Å². The summed E-state index contributed by atoms with van der Waals surface area (Å²) >= 11 is 5.78. The molecule has 0 radical (unpaired) electrons. The van der Waals surface area contributed by atoms with E-state index in [-0.39, 0.29) is 12.1 Å². The highest BCUT2D eigenvalue weighted by Crippen LogP contribution is 2.10. The number of rotatable bonds is 7. The third-order valence-corrected chi connectivity index (χ3v) is 2.67. The van der Waals surface area contributed by atoms with Crippen molar-refractivity contribution in [3.63, 3.8) is 0 Å². The standard InChI is InChI=1S/C15H21ClN2O2/c1-12(2)20-11-3-9-17-15(19)18-10-8-13-4-6-14(16)7-5-13/h4-8,10,12H,3,9,11H2,1-2H3,(H2,17,18,19)/b10-8+. The first kappa shape index (κ1) is 16.5. The molecule has 0 saturated carbocycles. The average molecular weight is 297 g/mol. The number of benzene rings is 1. The van der Waals surface area contributed by atoms with Crippen molar-refractivity contribution in [3.8, 4) is 0 Å². The number of urea groups is 1. The summed E-state index contributed by atoms with van der Waals surface area (Å²) in [7, 11) is 0. The van der Waals surface area contributed by atoms with E-state index in [9.17, 15) is 4.79 Å². The maximum Gasteiger partial charge on any atom is 0.318 e. The summed E-state index contributed by atoms with van der Waals surface area (Å²) in [6, 6.07) is 7.13. The van der Waals surface area contributed by atoms with Gasteiger partial charge in [-0.15, -0.1) is 0 Å². The van der Waals surface area contributed by atoms with Crippen LogP contribution in [0.4, 0.5) is 4.79 Å². The van der Waals surface area contributed by atoms with E-state index >= 15 is 0 Å². The van der Waals surface area contributed by atoms with E-state index in [2.05, 4.69) is 10.6 Å². The number of amides is 2. The van der Waals surface area contributed by atoms with Gasteiger partial charge in [-0.05, 0) is 44.0 Å². The van der Waals surface area contributed by atoms with Crippen LogP contribution in [-0.4, -0.2) is 25.3 Å². The van der Waals surface area contributed by atoms with Crippen LogP contribution in [-0.2, 0) is 4.74 Å². The zero-order chi connectivity index (χ0) is 14.8. The minimum absolute atomic E-state index is 0.222. The summed E-state index contributed by atoms with van der Waals surface area (Å²) in [5, 5.41) is 6.08. The topological polar surface area (TPSA) is 50.4 Å². The number of carbonyl (C=O) groups is 1. The molecule has 0 heterocycles. The van der Waals surface area contributed by atoms with Gasteiger partial charge in [-0.1, -0.05) is 23.7 Å². The van der Waals surface area contributed by atoms with Crippen molar-refractivity contribution < 1.29 is 9.53 Å². The molecule has 0 fully saturated rings. The Kier molecular flexibility index (Phi) is 7.77. The first-order valence-electron chi connectivity index (χ1n) is 6.66. The van der Waals surface area contributed by atoms with Gasteiger partial charge in [0.15, 0.2) is 0 Å². The Labute approximate surface area is 125 Å². The molecule has 0 bridgehead atoms. The maximum absolute atomic E-state index is 11.4. The molecule has 110 valence electrons. The highest BCUT2D eigenvalue weighted by atomic mass is 35.5. The molecule has 0 aromatic heterocycles. The Morgan fingerprint density at radius 3 is 2.70 bits per heavy atom. The number of hydrogen-bond acceptors (Lipinski definition) is 2. The number of carbonyl (C=O) groups excluding carboxylic acids is 1. The monoisotopic (exact) mass is 296 g/mol. The minimum atomic E-state index is -0.222. The fraction of sp³-hybridized carbons (Fsp3) is 0.400. The maximum atomic E-state index is 11.4. The zero-order valence-corrected chi connectivity index (χ0v) is 12.6. The largest absolute Gasteiger partial charge is 0.379 e. The van der Waals surface area contributed by atoms with Gasteiger partial charge in [0.2, 0.25) is 0 Å². The van der Waals surface area contributed by atoms with Crippen molar-refractivity contribution in [1.29, 1.82) is 0 Å². The second kappa shape index (κ2) is 9.39. The van der Waals surface area contributed by atoms with Crippen LogP contribution >= 0.6 is 11.6 Å². The molecule has 5 heteroatoms. The van der Waals surface area contributed by atoms with Crippen molar-refractivity contribution in [3.05, 3.63) is 41.1 Å². The average Bonchev–Trinajstić information content (AvgIpc) is 2.40. The van der Waals surface area contributed by atoms with Crippen LogP contribution in [0, 0.1) is 0 Å². The first-order chi connectivity index (χ1) is 9.58. The Bertz CT molecular complexity index is 430. The van der Waals surface area contributed by atoms with E-state index in [1.165, 1.54) is 0 Å². The molecule has 0 aliphatic carbocycles. The lowest BCUT2D eigenvalue weighted by atomic mass is 10.2. The summed E-state index contributed by atoms with van der Waals surface area (Å²) in [6.45, 7) is 5.22. The minimum Gasteiger partial charge on any atom is -0.379 e. The number of hydrogen-bond donors (Lipinski definition) is 2. The lowest BCUT2D eigenvalue weighted by Crippen LogP contribution is -2.33. The second-order valence-corrected chi connectivity index (χ2v) is 4.99. The molecule has 4 nitrogen and oxygen atoms in total. The number of ether oxygens (including phenoxy) is 1. The van der Waals surface area contributed by atoms with Crippen molar-refractivity contribution in [2.75, 3.05) is 13.2 Å². The fourth-order valence-corrected chi connectivity index (χ4v) is 1.56. The van der Waals surface area contributed by atoms with Gasteiger partial charge in [0.25, 0.3) is 0 Å². The SMILES string of the molecule is CC(C)OCCCNC(=O)N/C=C/c1ccc(Cl)cc1. The van der Waals surface area contributed by atoms with Crippen molar-refractivity contribution in [2.24, 2.45) is 0 Å². The van der Waals surface area contributed by atoms with Gasteiger partial charge in [-0.3, -0.25) is 0 Å². The fourth-order valence-electron chi connectivity index (χ4n) is 1.43. The lowest BCUT2D eigenvalue weighted by molar-refractivity contribution is 0.0774. The van der Waals surface area contributed by atoms with Crippen molar-refractivity contribution in [1.82, 2.24) is 10.6 Å². The van der Waals surface area contributed by atoms with E-state index < -0.39 is 0 Å². The molecule has 1 rings (SSSR count). The normalized spacial score (nSPS) is 11.0. The van der Waals surface area contributed by atoms with E-state index in [1.54, 1.807) is 24.4 Å². The van der Waals surface area contributed by atoms with Gasteiger partial charge >= 0.3 is 6.03 Å². The van der Waals surface area contributed by atoms with Crippen LogP contribution in [0.3, 0.4) is 0 Å². The molecule has 20 heavy (non-hydrogen) atoms. The molecule has 0 aliphatic heterocycles. The molecule has 2 amide bonds. The molecule has 2 N–H and O–H groups in total. The zero-order valence-electron chi connectivity index (χ0n) is 11.9. The summed E-state index contributed by atoms with van der Waals surface area (Å²) in [5.74, 6) is 0. The highest BCUT2D eigenvalue weighted by Gasteiger charge is 1.97. The van der Waals surface area contributed by atoms with Gasteiger partial charge in [-0.25, -0.2) is 4.79 Å². The van der Waals surface area contributed by atoms with Crippen LogP contribution in [0.5, 0.6) is 0 Å². The summed E-state index contributed by atoms with van der Waals surface area (Å²) in [5.41, 5.74) is 0.972.